The third kappa shape index (κ3) is 3.56. The Bertz CT molecular complexity index is 1300. The van der Waals surface area contributed by atoms with Gasteiger partial charge in [-0.2, -0.15) is 10.2 Å². The maximum Gasteiger partial charge on any atom is 0.240 e. The molecule has 0 spiro atoms. The quantitative estimate of drug-likeness (QED) is 0.506. The highest BCUT2D eigenvalue weighted by atomic mass is 16.3. The summed E-state index contributed by atoms with van der Waals surface area (Å²) in [6.07, 6.45) is 2.46. The Balaban J connectivity index is 1.62. The monoisotopic (exact) mass is 422 g/mol. The molecule has 0 bridgehead atoms. The zero-order valence-corrected chi connectivity index (χ0v) is 17.6. The number of aromatic hydroxyl groups is 1. The van der Waals surface area contributed by atoms with Gasteiger partial charge in [-0.25, -0.2) is 9.69 Å². The average Bonchev–Trinajstić information content (AvgIpc) is 3.46. The van der Waals surface area contributed by atoms with E-state index in [-0.39, 0.29) is 17.7 Å². The van der Waals surface area contributed by atoms with E-state index in [9.17, 15) is 9.90 Å². The van der Waals surface area contributed by atoms with Crippen LogP contribution in [0.5, 0.6) is 5.75 Å². The minimum Gasteiger partial charge on any atom is -0.507 e. The summed E-state index contributed by atoms with van der Waals surface area (Å²) in [7, 11) is 0. The van der Waals surface area contributed by atoms with Gasteiger partial charge >= 0.3 is 0 Å². The molecule has 4 aromatic rings. The molecule has 6 heteroatoms. The van der Waals surface area contributed by atoms with Gasteiger partial charge in [-0.15, -0.1) is 0 Å². The van der Waals surface area contributed by atoms with Crippen molar-refractivity contribution in [1.29, 1.82) is 0 Å². The van der Waals surface area contributed by atoms with Crippen molar-refractivity contribution in [3.8, 4) is 22.7 Å². The first-order valence-corrected chi connectivity index (χ1v) is 10.5. The standard InChI is InChI=1S/C26H22N4O2/c1-18(31)30-24(16-23(27-30)21-14-8-9-15-25(21)32)22-17-29(20-12-6-3-7-13-20)28-26(22)19-10-4-2-5-11-19/h2-15,17,24,32H,16H2,1H3/t24-/m0/s1. The lowest BCUT2D eigenvalue weighted by Gasteiger charge is -2.20. The largest absolute Gasteiger partial charge is 0.507 e. The first-order valence-electron chi connectivity index (χ1n) is 10.5. The maximum atomic E-state index is 12.5. The van der Waals surface area contributed by atoms with Crippen molar-refractivity contribution in [3.63, 3.8) is 0 Å². The molecule has 1 aliphatic heterocycles. The minimum absolute atomic E-state index is 0.152. The van der Waals surface area contributed by atoms with Gasteiger partial charge in [-0.05, 0) is 24.3 Å². The molecule has 0 aliphatic carbocycles. The van der Waals surface area contributed by atoms with Crippen LogP contribution in [0.4, 0.5) is 0 Å². The highest BCUT2D eigenvalue weighted by molar-refractivity contribution is 6.05. The summed E-state index contributed by atoms with van der Waals surface area (Å²) in [5.41, 5.74) is 4.93. The molecule has 6 nitrogen and oxygen atoms in total. The molecule has 0 saturated heterocycles. The molecule has 1 atom stereocenters. The topological polar surface area (TPSA) is 70.7 Å². The number of aromatic nitrogens is 2. The van der Waals surface area contributed by atoms with Crippen molar-refractivity contribution >= 4 is 11.6 Å². The number of carbonyl (C=O) groups is 1. The number of hydrogen-bond acceptors (Lipinski definition) is 4. The number of para-hydroxylation sites is 2. The zero-order chi connectivity index (χ0) is 22.1. The molecule has 1 aromatic heterocycles. The number of rotatable bonds is 4. The van der Waals surface area contributed by atoms with E-state index in [0.717, 1.165) is 22.5 Å². The van der Waals surface area contributed by atoms with E-state index < -0.39 is 0 Å². The summed E-state index contributed by atoms with van der Waals surface area (Å²) in [5, 5.41) is 21.3. The Morgan fingerprint density at radius 1 is 0.938 bits per heavy atom. The lowest BCUT2D eigenvalue weighted by molar-refractivity contribution is -0.130. The Morgan fingerprint density at radius 2 is 1.59 bits per heavy atom. The van der Waals surface area contributed by atoms with Crippen LogP contribution in [0.3, 0.4) is 0 Å². The molecule has 5 rings (SSSR count). The summed E-state index contributed by atoms with van der Waals surface area (Å²) in [6, 6.07) is 26.6. The van der Waals surface area contributed by atoms with Gasteiger partial charge in [-0.1, -0.05) is 60.7 Å². The molecule has 0 unspecified atom stereocenters. The summed E-state index contributed by atoms with van der Waals surface area (Å²) >= 11 is 0. The molecule has 3 aromatic carbocycles. The maximum absolute atomic E-state index is 12.5. The van der Waals surface area contributed by atoms with Crippen LogP contribution in [0, 0.1) is 0 Å². The van der Waals surface area contributed by atoms with Crippen molar-refractivity contribution in [3.05, 3.63) is 102 Å². The lowest BCUT2D eigenvalue weighted by Crippen LogP contribution is -2.24. The number of hydrazone groups is 1. The van der Waals surface area contributed by atoms with E-state index in [1.165, 1.54) is 11.9 Å². The van der Waals surface area contributed by atoms with Crippen molar-refractivity contribution in [2.45, 2.75) is 19.4 Å². The van der Waals surface area contributed by atoms with Gasteiger partial charge in [0.2, 0.25) is 5.91 Å². The first kappa shape index (κ1) is 19.8. The van der Waals surface area contributed by atoms with Crippen molar-refractivity contribution in [2.75, 3.05) is 0 Å². The molecule has 0 fully saturated rings. The third-order valence-electron chi connectivity index (χ3n) is 5.62. The van der Waals surface area contributed by atoms with E-state index >= 15 is 0 Å². The van der Waals surface area contributed by atoms with E-state index in [0.29, 0.717) is 17.7 Å². The summed E-state index contributed by atoms with van der Waals surface area (Å²) < 4.78 is 1.84. The molecule has 32 heavy (non-hydrogen) atoms. The molecule has 1 aliphatic rings. The molecule has 1 N–H and O–H groups in total. The highest BCUT2D eigenvalue weighted by Gasteiger charge is 2.35. The van der Waals surface area contributed by atoms with Crippen LogP contribution < -0.4 is 0 Å². The number of hydrogen-bond donors (Lipinski definition) is 1. The molecule has 1 amide bonds. The predicted octanol–water partition coefficient (Wildman–Crippen LogP) is 4.94. The summed E-state index contributed by atoms with van der Waals surface area (Å²) in [6.45, 7) is 1.51. The molecule has 158 valence electrons. The van der Waals surface area contributed by atoms with Gasteiger partial charge < -0.3 is 5.11 Å². The van der Waals surface area contributed by atoms with Crippen LogP contribution in [0.2, 0.25) is 0 Å². The van der Waals surface area contributed by atoms with Crippen molar-refractivity contribution < 1.29 is 9.90 Å². The van der Waals surface area contributed by atoms with Gasteiger partial charge in [0.05, 0.1) is 23.1 Å². The van der Waals surface area contributed by atoms with Gasteiger partial charge in [0.25, 0.3) is 0 Å². The van der Waals surface area contributed by atoms with E-state index in [2.05, 4.69) is 5.10 Å². The summed E-state index contributed by atoms with van der Waals surface area (Å²) in [4.78, 5) is 12.5. The number of amides is 1. The van der Waals surface area contributed by atoms with Crippen molar-refractivity contribution in [1.82, 2.24) is 14.8 Å². The van der Waals surface area contributed by atoms with Crippen LogP contribution in [0.25, 0.3) is 16.9 Å². The van der Waals surface area contributed by atoms with Gasteiger partial charge in [0.15, 0.2) is 0 Å². The highest BCUT2D eigenvalue weighted by Crippen LogP contribution is 2.39. The first-order chi connectivity index (χ1) is 15.6. The second kappa shape index (κ2) is 8.15. The second-order valence-corrected chi connectivity index (χ2v) is 7.73. The molecular weight excluding hydrogens is 400 g/mol. The van der Waals surface area contributed by atoms with E-state index in [1.807, 2.05) is 83.7 Å². The van der Waals surface area contributed by atoms with Crippen LogP contribution in [-0.2, 0) is 4.79 Å². The van der Waals surface area contributed by atoms with Crippen LogP contribution >= 0.6 is 0 Å². The fraction of sp³-hybridized carbons (Fsp3) is 0.115. The normalized spacial score (nSPS) is 15.6. The number of phenolic OH excluding ortho intramolecular Hbond substituents is 1. The van der Waals surface area contributed by atoms with Gasteiger partial charge in [0.1, 0.15) is 5.75 Å². The zero-order valence-electron chi connectivity index (χ0n) is 17.6. The van der Waals surface area contributed by atoms with Crippen LogP contribution in [-0.4, -0.2) is 31.5 Å². The van der Waals surface area contributed by atoms with Crippen LogP contribution in [0.1, 0.15) is 30.5 Å². The molecule has 2 heterocycles. The molecule has 0 saturated carbocycles. The van der Waals surface area contributed by atoms with Gasteiger partial charge in [-0.3, -0.25) is 4.79 Å². The number of carbonyl (C=O) groups excluding carboxylic acids is 1. The fourth-order valence-electron chi connectivity index (χ4n) is 4.09. The average molecular weight is 422 g/mol. The summed E-state index contributed by atoms with van der Waals surface area (Å²) in [5.74, 6) is -0.00874. The minimum atomic E-state index is -0.324. The number of nitrogens with zero attached hydrogens (tertiary/aromatic N) is 4. The van der Waals surface area contributed by atoms with E-state index in [4.69, 9.17) is 5.10 Å². The lowest BCUT2D eigenvalue weighted by atomic mass is 9.96. The number of phenols is 1. The van der Waals surface area contributed by atoms with E-state index in [1.54, 1.807) is 12.1 Å². The van der Waals surface area contributed by atoms with Crippen molar-refractivity contribution in [2.24, 2.45) is 5.10 Å². The Labute approximate surface area is 186 Å². The SMILES string of the molecule is CC(=O)N1N=C(c2ccccc2O)C[C@H]1c1cn(-c2ccccc2)nc1-c1ccccc1. The smallest absolute Gasteiger partial charge is 0.240 e. The molecule has 0 radical (unpaired) electrons. The Morgan fingerprint density at radius 3 is 2.28 bits per heavy atom. The fourth-order valence-corrected chi connectivity index (χ4v) is 4.09. The number of benzene rings is 3. The van der Waals surface area contributed by atoms with Crippen LogP contribution in [0.15, 0.2) is 96.2 Å². The molecular formula is C26H22N4O2. The Hall–Kier alpha value is -4.19. The Kier molecular flexibility index (Phi) is 5.03. The van der Waals surface area contributed by atoms with Gasteiger partial charge in [0, 0.05) is 36.2 Å². The predicted molar refractivity (Wildman–Crippen MR) is 124 cm³/mol. The second-order valence-electron chi connectivity index (χ2n) is 7.73. The third-order valence-corrected chi connectivity index (χ3v) is 5.62.